The molecule has 0 atom stereocenters. The van der Waals surface area contributed by atoms with Crippen molar-refractivity contribution in [3.05, 3.63) is 59.7 Å². The third-order valence-electron chi connectivity index (χ3n) is 3.18. The monoisotopic (exact) mass is 458 g/mol. The van der Waals surface area contributed by atoms with Crippen LogP contribution in [0.2, 0.25) is 0 Å². The second-order valence-electron chi connectivity index (χ2n) is 5.37. The molecule has 0 amide bonds. The van der Waals surface area contributed by atoms with Crippen LogP contribution in [0.5, 0.6) is 0 Å². The van der Waals surface area contributed by atoms with Crippen molar-refractivity contribution in [3.8, 4) is 0 Å². The summed E-state index contributed by atoms with van der Waals surface area (Å²) in [5.74, 6) is -4.39. The zero-order valence-electron chi connectivity index (χ0n) is 14.5. The Morgan fingerprint density at radius 1 is 0.552 bits per heavy atom. The molecule has 2 aromatic carbocycles. The average Bonchev–Trinajstić information content (AvgIpc) is 2.59. The zero-order valence-corrected chi connectivity index (χ0v) is 16.1. The maximum Gasteiger partial charge on any atom is 0.297 e. The minimum absolute atomic E-state index is 0.324. The van der Waals surface area contributed by atoms with Gasteiger partial charge in [0.2, 0.25) is 0 Å². The molecule has 2 aromatic rings. The van der Waals surface area contributed by atoms with Gasteiger partial charge in [-0.15, -0.1) is 0 Å². The molecule has 0 spiro atoms. The van der Waals surface area contributed by atoms with Crippen molar-refractivity contribution in [2.75, 3.05) is 26.4 Å². The highest BCUT2D eigenvalue weighted by atomic mass is 32.2. The molecule has 7 nitrogen and oxygen atoms in total. The topological polar surface area (TPSA) is 96.0 Å². The quantitative estimate of drug-likeness (QED) is 0.306. The SMILES string of the molecule is O=S(=O)(OCCOCCOS(=O)(=O)c1cc(F)cc(F)c1)c1cc(F)cc(F)c1. The maximum atomic E-state index is 13.1. The van der Waals surface area contributed by atoms with Gasteiger partial charge in [0.05, 0.1) is 36.2 Å². The Morgan fingerprint density at radius 2 is 0.862 bits per heavy atom. The molecule has 0 fully saturated rings. The van der Waals surface area contributed by atoms with E-state index in [1.807, 2.05) is 0 Å². The van der Waals surface area contributed by atoms with Gasteiger partial charge >= 0.3 is 0 Å². The van der Waals surface area contributed by atoms with Crippen LogP contribution in [0.15, 0.2) is 46.2 Å². The summed E-state index contributed by atoms with van der Waals surface area (Å²) < 4.78 is 113. The second-order valence-corrected chi connectivity index (χ2v) is 8.61. The lowest BCUT2D eigenvalue weighted by atomic mass is 10.3. The van der Waals surface area contributed by atoms with Gasteiger partial charge in [0.25, 0.3) is 20.2 Å². The van der Waals surface area contributed by atoms with Crippen molar-refractivity contribution in [2.24, 2.45) is 0 Å². The Morgan fingerprint density at radius 3 is 1.17 bits per heavy atom. The van der Waals surface area contributed by atoms with Crippen molar-refractivity contribution in [1.29, 1.82) is 0 Å². The first kappa shape index (κ1) is 23.2. The smallest absolute Gasteiger partial charge is 0.297 e. The molecule has 0 saturated carbocycles. The molecule has 160 valence electrons. The highest BCUT2D eigenvalue weighted by Gasteiger charge is 2.19. The van der Waals surface area contributed by atoms with E-state index in [2.05, 4.69) is 8.37 Å². The van der Waals surface area contributed by atoms with Crippen LogP contribution in [0, 0.1) is 23.3 Å². The summed E-state index contributed by atoms with van der Waals surface area (Å²) in [6.07, 6.45) is 0. The molecule has 0 heterocycles. The lowest BCUT2D eigenvalue weighted by Gasteiger charge is -2.08. The highest BCUT2D eigenvalue weighted by molar-refractivity contribution is 7.87. The van der Waals surface area contributed by atoms with Crippen molar-refractivity contribution in [3.63, 3.8) is 0 Å². The summed E-state index contributed by atoms with van der Waals surface area (Å²) in [5, 5.41) is 0. The van der Waals surface area contributed by atoms with Crippen LogP contribution in [-0.2, 0) is 33.3 Å². The van der Waals surface area contributed by atoms with Gasteiger partial charge in [-0.25, -0.2) is 17.6 Å². The first-order valence-corrected chi connectivity index (χ1v) is 10.6. The standard InChI is InChI=1S/C16H14F4O7S2/c17-11-5-12(18)8-15(7-11)28(21,22)26-3-1-25-2-4-27-29(23,24)16-9-13(19)6-14(20)10-16/h5-10H,1-4H2. The van der Waals surface area contributed by atoms with E-state index in [4.69, 9.17) is 4.74 Å². The first-order valence-electron chi connectivity index (χ1n) is 7.78. The van der Waals surface area contributed by atoms with Gasteiger partial charge in [-0.3, -0.25) is 8.37 Å². The zero-order chi connectivity index (χ0) is 21.7. The van der Waals surface area contributed by atoms with Crippen LogP contribution in [0.3, 0.4) is 0 Å². The van der Waals surface area contributed by atoms with E-state index in [9.17, 15) is 34.4 Å². The number of benzene rings is 2. The fourth-order valence-corrected chi connectivity index (χ4v) is 3.86. The number of hydrogen-bond acceptors (Lipinski definition) is 7. The van der Waals surface area contributed by atoms with Crippen LogP contribution in [0.1, 0.15) is 0 Å². The molecule has 0 radical (unpaired) electrons. The van der Waals surface area contributed by atoms with Gasteiger partial charge in [-0.2, -0.15) is 16.8 Å². The van der Waals surface area contributed by atoms with E-state index in [0.29, 0.717) is 36.4 Å². The molecule has 0 aliphatic rings. The fourth-order valence-electron chi connectivity index (χ4n) is 1.99. The molecule has 0 saturated heterocycles. The first-order chi connectivity index (χ1) is 13.5. The molecule has 0 aliphatic carbocycles. The summed E-state index contributed by atoms with van der Waals surface area (Å²) in [5.41, 5.74) is 0. The van der Waals surface area contributed by atoms with E-state index < -0.39 is 66.5 Å². The van der Waals surface area contributed by atoms with Gasteiger partial charge < -0.3 is 4.74 Å². The Labute approximate surface area is 164 Å². The summed E-state index contributed by atoms with van der Waals surface area (Å²) in [6, 6.07) is 3.30. The van der Waals surface area contributed by atoms with E-state index in [1.165, 1.54) is 0 Å². The largest absolute Gasteiger partial charge is 0.377 e. The molecule has 0 unspecified atom stereocenters. The van der Waals surface area contributed by atoms with E-state index in [0.717, 1.165) is 0 Å². The molecule has 0 aliphatic heterocycles. The molecule has 0 bridgehead atoms. The van der Waals surface area contributed by atoms with E-state index in [1.54, 1.807) is 0 Å². The van der Waals surface area contributed by atoms with Gasteiger partial charge in [0, 0.05) is 12.1 Å². The minimum Gasteiger partial charge on any atom is -0.377 e. The van der Waals surface area contributed by atoms with Crippen molar-refractivity contribution in [2.45, 2.75) is 9.79 Å². The number of rotatable bonds is 10. The predicted molar refractivity (Wildman–Crippen MR) is 89.8 cm³/mol. The third-order valence-corrected chi connectivity index (χ3v) is 5.76. The van der Waals surface area contributed by atoms with Gasteiger partial charge in [-0.05, 0) is 24.3 Å². The lowest BCUT2D eigenvalue weighted by Crippen LogP contribution is -2.15. The Kier molecular flexibility index (Phi) is 7.71. The van der Waals surface area contributed by atoms with Crippen molar-refractivity contribution >= 4 is 20.2 Å². The number of halogens is 4. The molecular weight excluding hydrogens is 444 g/mol. The minimum atomic E-state index is -4.42. The second kappa shape index (κ2) is 9.63. The number of ether oxygens (including phenoxy) is 1. The van der Waals surface area contributed by atoms with Gasteiger partial charge in [-0.1, -0.05) is 0 Å². The Balaban J connectivity index is 1.75. The molecular formula is C16H14F4O7S2. The predicted octanol–water partition coefficient (Wildman–Crippen LogP) is 2.37. The van der Waals surface area contributed by atoms with E-state index in [-0.39, 0.29) is 13.2 Å². The summed E-state index contributed by atoms with van der Waals surface area (Å²) >= 11 is 0. The summed E-state index contributed by atoms with van der Waals surface area (Å²) in [7, 11) is -8.85. The molecule has 2 rings (SSSR count). The van der Waals surface area contributed by atoms with Gasteiger partial charge in [0.15, 0.2) is 0 Å². The van der Waals surface area contributed by atoms with Gasteiger partial charge in [0.1, 0.15) is 23.3 Å². The molecule has 29 heavy (non-hydrogen) atoms. The molecule has 13 heteroatoms. The summed E-state index contributed by atoms with van der Waals surface area (Å²) in [6.45, 7) is -1.70. The third kappa shape index (κ3) is 7.04. The summed E-state index contributed by atoms with van der Waals surface area (Å²) in [4.78, 5) is -1.43. The Bertz CT molecular complexity index is 947. The van der Waals surface area contributed by atoms with Crippen LogP contribution >= 0.6 is 0 Å². The molecule has 0 aromatic heterocycles. The van der Waals surface area contributed by atoms with Crippen LogP contribution < -0.4 is 0 Å². The van der Waals surface area contributed by atoms with Crippen LogP contribution in [0.25, 0.3) is 0 Å². The van der Waals surface area contributed by atoms with E-state index >= 15 is 0 Å². The fraction of sp³-hybridized carbons (Fsp3) is 0.250. The van der Waals surface area contributed by atoms with Crippen molar-refractivity contribution in [1.82, 2.24) is 0 Å². The van der Waals surface area contributed by atoms with Crippen LogP contribution in [0.4, 0.5) is 17.6 Å². The lowest BCUT2D eigenvalue weighted by molar-refractivity contribution is 0.0794. The highest BCUT2D eigenvalue weighted by Crippen LogP contribution is 2.17. The average molecular weight is 458 g/mol. The maximum absolute atomic E-state index is 13.1. The molecule has 0 N–H and O–H groups in total. The Hall–Kier alpha value is -2.06. The normalized spacial score (nSPS) is 12.3. The number of hydrogen-bond donors (Lipinski definition) is 0. The van der Waals surface area contributed by atoms with Crippen molar-refractivity contribution < 1.29 is 47.5 Å². The van der Waals surface area contributed by atoms with Crippen LogP contribution in [-0.4, -0.2) is 43.3 Å².